The van der Waals surface area contributed by atoms with Gasteiger partial charge in [0.15, 0.2) is 5.58 Å². The van der Waals surface area contributed by atoms with Crippen LogP contribution in [-0.4, -0.2) is 9.55 Å². The Balaban J connectivity index is 1.25. The number of fused-ring (bicyclic) bond motifs is 4. The molecule has 0 bridgehead atoms. The highest BCUT2D eigenvalue weighted by atomic mass is 35.5. The first kappa shape index (κ1) is 20.1. The molecule has 4 heteroatoms. The highest BCUT2D eigenvalue weighted by molar-refractivity contribution is 6.34. The van der Waals surface area contributed by atoms with Crippen LogP contribution in [0.25, 0.3) is 61.2 Å². The zero-order chi connectivity index (χ0) is 23.4. The average molecular weight is 471 g/mol. The van der Waals surface area contributed by atoms with Crippen LogP contribution in [0.5, 0.6) is 0 Å². The number of rotatable bonds is 3. The Bertz CT molecular complexity index is 1790. The number of nitrogens with zero attached hydrogens (tertiary/aromatic N) is 2. The van der Waals surface area contributed by atoms with E-state index in [9.17, 15) is 0 Å². The Hall–Kier alpha value is -4.34. The van der Waals surface area contributed by atoms with Crippen LogP contribution in [0.2, 0.25) is 5.02 Å². The Kier molecular flexibility index (Phi) is 4.51. The second kappa shape index (κ2) is 7.86. The lowest BCUT2D eigenvalue weighted by atomic mass is 10.0. The Labute approximate surface area is 206 Å². The summed E-state index contributed by atoms with van der Waals surface area (Å²) in [5, 5.41) is 3.10. The number of aromatic nitrogens is 2. The summed E-state index contributed by atoms with van der Waals surface area (Å²) in [5.41, 5.74) is 8.16. The molecule has 0 fully saturated rings. The van der Waals surface area contributed by atoms with Crippen molar-refractivity contribution in [1.82, 2.24) is 9.55 Å². The van der Waals surface area contributed by atoms with Crippen molar-refractivity contribution in [1.29, 1.82) is 0 Å². The molecular formula is C31H19ClN2O. The summed E-state index contributed by atoms with van der Waals surface area (Å²) < 4.78 is 8.24. The van der Waals surface area contributed by atoms with Crippen molar-refractivity contribution >= 4 is 44.5 Å². The number of hydrogen-bond acceptors (Lipinski definition) is 2. The molecule has 7 rings (SSSR count). The van der Waals surface area contributed by atoms with Gasteiger partial charge in [-0.05, 0) is 59.7 Å². The van der Waals surface area contributed by atoms with Gasteiger partial charge in [0.2, 0.25) is 5.89 Å². The van der Waals surface area contributed by atoms with Crippen LogP contribution in [0.1, 0.15) is 0 Å². The predicted octanol–water partition coefficient (Wildman–Crippen LogP) is 8.91. The first-order chi connectivity index (χ1) is 17.3. The predicted molar refractivity (Wildman–Crippen MR) is 144 cm³/mol. The van der Waals surface area contributed by atoms with Gasteiger partial charge in [0.05, 0.1) is 16.1 Å². The molecule has 0 unspecified atom stereocenters. The molecule has 0 atom stereocenters. The fourth-order valence-electron chi connectivity index (χ4n) is 4.85. The maximum absolute atomic E-state index is 6.24. The van der Waals surface area contributed by atoms with Crippen molar-refractivity contribution in [3.05, 3.63) is 120 Å². The van der Waals surface area contributed by atoms with Gasteiger partial charge in [-0.15, -0.1) is 0 Å². The van der Waals surface area contributed by atoms with E-state index < -0.39 is 0 Å². The molecule has 0 spiro atoms. The second-order valence-corrected chi connectivity index (χ2v) is 9.01. The zero-order valence-electron chi connectivity index (χ0n) is 18.7. The number of para-hydroxylation sites is 3. The molecule has 0 saturated carbocycles. The van der Waals surface area contributed by atoms with E-state index in [-0.39, 0.29) is 0 Å². The molecule has 0 aliphatic heterocycles. The van der Waals surface area contributed by atoms with E-state index >= 15 is 0 Å². The third-order valence-corrected chi connectivity index (χ3v) is 6.84. The number of halogens is 1. The summed E-state index contributed by atoms with van der Waals surface area (Å²) in [5.74, 6) is 0.571. The van der Waals surface area contributed by atoms with Crippen molar-refractivity contribution < 1.29 is 4.42 Å². The molecule has 0 aliphatic carbocycles. The van der Waals surface area contributed by atoms with Gasteiger partial charge in [0, 0.05) is 22.0 Å². The molecule has 0 amide bonds. The summed E-state index contributed by atoms with van der Waals surface area (Å²) in [6.07, 6.45) is 0. The van der Waals surface area contributed by atoms with Gasteiger partial charge in [-0.1, -0.05) is 78.3 Å². The van der Waals surface area contributed by atoms with Gasteiger partial charge >= 0.3 is 0 Å². The van der Waals surface area contributed by atoms with E-state index in [4.69, 9.17) is 16.0 Å². The highest BCUT2D eigenvalue weighted by Crippen LogP contribution is 2.33. The van der Waals surface area contributed by atoms with Gasteiger partial charge in [0.1, 0.15) is 5.52 Å². The van der Waals surface area contributed by atoms with Crippen LogP contribution in [0.4, 0.5) is 0 Å². The summed E-state index contributed by atoms with van der Waals surface area (Å²) >= 11 is 6.24. The van der Waals surface area contributed by atoms with Gasteiger partial charge < -0.3 is 8.98 Å². The second-order valence-electron chi connectivity index (χ2n) is 8.60. The van der Waals surface area contributed by atoms with Crippen molar-refractivity contribution in [3.63, 3.8) is 0 Å². The number of benzene rings is 5. The van der Waals surface area contributed by atoms with E-state index in [2.05, 4.69) is 94.5 Å². The standard InChI is InChI=1S/C31H19ClN2O/c32-26-8-5-9-27-30(26)35-31(33-27)22-14-12-20(13-15-22)21-16-18-23(19-17-21)34-28-10-3-1-6-24(28)25-7-2-4-11-29(25)34/h1-19H. The van der Waals surface area contributed by atoms with Crippen molar-refractivity contribution in [2.24, 2.45) is 0 Å². The minimum absolute atomic E-state index is 0.571. The third kappa shape index (κ3) is 3.24. The lowest BCUT2D eigenvalue weighted by Crippen LogP contribution is -1.93. The topological polar surface area (TPSA) is 31.0 Å². The zero-order valence-corrected chi connectivity index (χ0v) is 19.4. The molecule has 0 aliphatic rings. The molecule has 166 valence electrons. The minimum Gasteiger partial charge on any atom is -0.435 e. The average Bonchev–Trinajstić information content (AvgIpc) is 3.50. The molecular weight excluding hydrogens is 452 g/mol. The third-order valence-electron chi connectivity index (χ3n) is 6.54. The summed E-state index contributed by atoms with van der Waals surface area (Å²) in [4.78, 5) is 4.58. The summed E-state index contributed by atoms with van der Waals surface area (Å²) in [6, 6.07) is 39.7. The van der Waals surface area contributed by atoms with Crippen molar-refractivity contribution in [2.45, 2.75) is 0 Å². The molecule has 0 radical (unpaired) electrons. The molecule has 2 aromatic heterocycles. The van der Waals surface area contributed by atoms with Gasteiger partial charge in [-0.2, -0.15) is 0 Å². The monoisotopic (exact) mass is 470 g/mol. The largest absolute Gasteiger partial charge is 0.435 e. The van der Waals surface area contributed by atoms with Crippen LogP contribution in [-0.2, 0) is 0 Å². The fourth-order valence-corrected chi connectivity index (χ4v) is 5.06. The van der Waals surface area contributed by atoms with E-state index in [1.54, 1.807) is 0 Å². The Morgan fingerprint density at radius 1 is 0.571 bits per heavy atom. The highest BCUT2D eigenvalue weighted by Gasteiger charge is 2.13. The lowest BCUT2D eigenvalue weighted by molar-refractivity contribution is 0.620. The van der Waals surface area contributed by atoms with Gasteiger partial charge in [0.25, 0.3) is 0 Å². The Morgan fingerprint density at radius 2 is 1.14 bits per heavy atom. The van der Waals surface area contributed by atoms with Crippen molar-refractivity contribution in [2.75, 3.05) is 0 Å². The van der Waals surface area contributed by atoms with Crippen LogP contribution >= 0.6 is 11.6 Å². The SMILES string of the molecule is Clc1cccc2nc(-c3ccc(-c4ccc(-n5c6ccccc6c6ccccc65)cc4)cc3)oc12. The maximum Gasteiger partial charge on any atom is 0.227 e. The van der Waals surface area contributed by atoms with Crippen molar-refractivity contribution in [3.8, 4) is 28.3 Å². The lowest BCUT2D eigenvalue weighted by Gasteiger charge is -2.09. The first-order valence-electron chi connectivity index (χ1n) is 11.5. The van der Waals surface area contributed by atoms with E-state index in [0.717, 1.165) is 27.9 Å². The molecule has 0 N–H and O–H groups in total. The molecule has 0 saturated heterocycles. The smallest absolute Gasteiger partial charge is 0.227 e. The van der Waals surface area contributed by atoms with E-state index in [1.165, 1.54) is 21.8 Å². The number of hydrogen-bond donors (Lipinski definition) is 0. The quantitative estimate of drug-likeness (QED) is 0.258. The molecule has 35 heavy (non-hydrogen) atoms. The molecule has 5 aromatic carbocycles. The van der Waals surface area contributed by atoms with E-state index in [1.807, 2.05) is 30.3 Å². The normalized spacial score (nSPS) is 11.6. The minimum atomic E-state index is 0.571. The van der Waals surface area contributed by atoms with E-state index in [0.29, 0.717) is 16.5 Å². The Morgan fingerprint density at radius 3 is 1.77 bits per heavy atom. The van der Waals surface area contributed by atoms with Crippen LogP contribution in [0.15, 0.2) is 120 Å². The van der Waals surface area contributed by atoms with Crippen LogP contribution in [0, 0.1) is 0 Å². The number of oxazole rings is 1. The first-order valence-corrected chi connectivity index (χ1v) is 11.9. The summed E-state index contributed by atoms with van der Waals surface area (Å²) in [7, 11) is 0. The molecule has 3 nitrogen and oxygen atoms in total. The maximum atomic E-state index is 6.24. The molecule has 2 heterocycles. The van der Waals surface area contributed by atoms with Crippen LogP contribution < -0.4 is 0 Å². The molecule has 7 aromatic rings. The van der Waals surface area contributed by atoms with Crippen LogP contribution in [0.3, 0.4) is 0 Å². The summed E-state index contributed by atoms with van der Waals surface area (Å²) in [6.45, 7) is 0. The van der Waals surface area contributed by atoms with Gasteiger partial charge in [-0.25, -0.2) is 4.98 Å². The van der Waals surface area contributed by atoms with Gasteiger partial charge in [-0.3, -0.25) is 0 Å². The fraction of sp³-hybridized carbons (Fsp3) is 0.